The molecule has 6 heteroatoms. The van der Waals surface area contributed by atoms with E-state index in [1.54, 1.807) is 42.5 Å². The first-order valence-corrected chi connectivity index (χ1v) is 7.86. The second kappa shape index (κ2) is 7.39. The first-order chi connectivity index (χ1) is 10.9. The van der Waals surface area contributed by atoms with Crippen LogP contribution in [-0.4, -0.2) is 16.1 Å². The summed E-state index contributed by atoms with van der Waals surface area (Å²) in [4.78, 5) is 12.4. The fraction of sp³-hybridized carbons (Fsp3) is 0.0588. The Labute approximate surface area is 147 Å². The summed E-state index contributed by atoms with van der Waals surface area (Å²) in [5, 5.41) is 9.94. The summed E-state index contributed by atoms with van der Waals surface area (Å²) in [6.45, 7) is 1.85. The molecule has 2 aromatic carbocycles. The van der Waals surface area contributed by atoms with Crippen molar-refractivity contribution in [2.24, 2.45) is 5.73 Å². The van der Waals surface area contributed by atoms with Gasteiger partial charge in [-0.05, 0) is 43.4 Å². The number of thiocarbonyl (C=S) groups is 1. The summed E-state index contributed by atoms with van der Waals surface area (Å²) >= 11 is 8.02. The Bertz CT molecular complexity index is 785. The SMILES string of the molecule is Cc1ccc(OC(N)=S)c(C(=O)C=C(O)c2ccc(Br)cc2)c1. The van der Waals surface area contributed by atoms with Gasteiger partial charge >= 0.3 is 0 Å². The largest absolute Gasteiger partial charge is 0.507 e. The summed E-state index contributed by atoms with van der Waals surface area (Å²) in [6.07, 6.45) is 1.14. The van der Waals surface area contributed by atoms with Crippen LogP contribution in [0.1, 0.15) is 21.5 Å². The second-order valence-corrected chi connectivity index (χ2v) is 6.14. The van der Waals surface area contributed by atoms with Crippen LogP contribution in [0, 0.1) is 6.92 Å². The number of nitrogens with two attached hydrogens (primary N) is 1. The van der Waals surface area contributed by atoms with E-state index in [4.69, 9.17) is 22.7 Å². The molecule has 2 rings (SSSR count). The zero-order valence-corrected chi connectivity index (χ0v) is 14.6. The van der Waals surface area contributed by atoms with Crippen molar-refractivity contribution >= 4 is 44.9 Å². The topological polar surface area (TPSA) is 72.5 Å². The van der Waals surface area contributed by atoms with Crippen molar-refractivity contribution in [3.05, 3.63) is 69.7 Å². The van der Waals surface area contributed by atoms with Crippen LogP contribution in [0.4, 0.5) is 0 Å². The van der Waals surface area contributed by atoms with Gasteiger partial charge in [-0.1, -0.05) is 39.7 Å². The third-order valence-electron chi connectivity index (χ3n) is 3.02. The summed E-state index contributed by atoms with van der Waals surface area (Å²) in [5.41, 5.74) is 7.05. The van der Waals surface area contributed by atoms with E-state index in [9.17, 15) is 9.90 Å². The molecular weight excluding hydrogens is 378 g/mol. The highest BCUT2D eigenvalue weighted by atomic mass is 79.9. The Kier molecular flexibility index (Phi) is 5.52. The zero-order chi connectivity index (χ0) is 17.0. The number of rotatable bonds is 4. The van der Waals surface area contributed by atoms with Crippen LogP contribution in [0.5, 0.6) is 5.75 Å². The van der Waals surface area contributed by atoms with Crippen LogP contribution in [0.15, 0.2) is 53.0 Å². The van der Waals surface area contributed by atoms with Crippen LogP contribution in [0.2, 0.25) is 0 Å². The summed E-state index contributed by atoms with van der Waals surface area (Å²) < 4.78 is 6.08. The molecule has 0 aliphatic rings. The van der Waals surface area contributed by atoms with E-state index in [0.29, 0.717) is 5.56 Å². The summed E-state index contributed by atoms with van der Waals surface area (Å²) in [6, 6.07) is 12.0. The van der Waals surface area contributed by atoms with E-state index >= 15 is 0 Å². The molecule has 0 heterocycles. The number of halogens is 1. The minimum atomic E-state index is -0.402. The lowest BCUT2D eigenvalue weighted by molar-refractivity contribution is 0.104. The first kappa shape index (κ1) is 17.2. The number of aliphatic hydroxyl groups is 1. The van der Waals surface area contributed by atoms with Gasteiger partial charge in [-0.25, -0.2) is 0 Å². The van der Waals surface area contributed by atoms with Gasteiger partial charge in [-0.15, -0.1) is 0 Å². The number of ketones is 1. The number of carbonyl (C=O) groups excluding carboxylic acids is 1. The highest BCUT2D eigenvalue weighted by molar-refractivity contribution is 9.10. The van der Waals surface area contributed by atoms with Gasteiger partial charge in [0.1, 0.15) is 11.5 Å². The van der Waals surface area contributed by atoms with E-state index in [-0.39, 0.29) is 22.2 Å². The smallest absolute Gasteiger partial charge is 0.259 e. The molecule has 0 aliphatic carbocycles. The molecule has 0 fully saturated rings. The average molecular weight is 392 g/mol. The minimum Gasteiger partial charge on any atom is -0.507 e. The number of hydrogen-bond donors (Lipinski definition) is 2. The first-order valence-electron chi connectivity index (χ1n) is 6.65. The van der Waals surface area contributed by atoms with Gasteiger partial charge in [0, 0.05) is 16.1 Å². The number of hydrogen-bond acceptors (Lipinski definition) is 4. The molecule has 0 amide bonds. The quantitative estimate of drug-likeness (QED) is 0.354. The third-order valence-corrected chi connectivity index (χ3v) is 3.63. The van der Waals surface area contributed by atoms with E-state index in [1.807, 2.05) is 6.92 Å². The molecule has 4 nitrogen and oxygen atoms in total. The van der Waals surface area contributed by atoms with Gasteiger partial charge in [0.15, 0.2) is 5.78 Å². The van der Waals surface area contributed by atoms with E-state index in [1.165, 1.54) is 0 Å². The van der Waals surface area contributed by atoms with E-state index in [0.717, 1.165) is 16.1 Å². The van der Waals surface area contributed by atoms with Gasteiger partial charge in [-0.2, -0.15) is 0 Å². The van der Waals surface area contributed by atoms with Gasteiger partial charge in [0.05, 0.1) is 5.56 Å². The molecule has 0 radical (unpaired) electrons. The number of carbonyl (C=O) groups is 1. The van der Waals surface area contributed by atoms with Crippen LogP contribution >= 0.6 is 28.1 Å². The maximum absolute atomic E-state index is 12.4. The van der Waals surface area contributed by atoms with Crippen LogP contribution in [0.3, 0.4) is 0 Å². The molecule has 2 aromatic rings. The number of allylic oxidation sites excluding steroid dienone is 1. The van der Waals surface area contributed by atoms with Crippen molar-refractivity contribution in [3.63, 3.8) is 0 Å². The number of aryl methyl sites for hydroxylation is 1. The monoisotopic (exact) mass is 391 g/mol. The summed E-state index contributed by atoms with van der Waals surface area (Å²) in [5.74, 6) is -0.279. The van der Waals surface area contributed by atoms with Crippen molar-refractivity contribution < 1.29 is 14.6 Å². The van der Waals surface area contributed by atoms with Crippen LogP contribution in [0.25, 0.3) is 5.76 Å². The van der Waals surface area contributed by atoms with Crippen molar-refractivity contribution in [2.45, 2.75) is 6.92 Å². The van der Waals surface area contributed by atoms with Crippen molar-refractivity contribution in [3.8, 4) is 5.75 Å². The third kappa shape index (κ3) is 4.64. The molecular formula is C17H14BrNO3S. The van der Waals surface area contributed by atoms with Crippen LogP contribution in [-0.2, 0) is 0 Å². The van der Waals surface area contributed by atoms with E-state index < -0.39 is 5.78 Å². The normalized spacial score (nSPS) is 11.1. The van der Waals surface area contributed by atoms with Gasteiger partial charge in [0.25, 0.3) is 5.17 Å². The molecule has 0 aliphatic heterocycles. The Morgan fingerprint density at radius 1 is 1.26 bits per heavy atom. The Morgan fingerprint density at radius 3 is 2.52 bits per heavy atom. The van der Waals surface area contributed by atoms with Crippen LogP contribution < -0.4 is 10.5 Å². The molecule has 0 saturated carbocycles. The minimum absolute atomic E-state index is 0.134. The van der Waals surface area contributed by atoms with Gasteiger partial charge in [0.2, 0.25) is 0 Å². The van der Waals surface area contributed by atoms with Crippen molar-refractivity contribution in [2.75, 3.05) is 0 Å². The Balaban J connectivity index is 2.36. The van der Waals surface area contributed by atoms with E-state index in [2.05, 4.69) is 15.9 Å². The predicted molar refractivity (Wildman–Crippen MR) is 97.7 cm³/mol. The molecule has 118 valence electrons. The van der Waals surface area contributed by atoms with Gasteiger partial charge in [-0.3, -0.25) is 4.79 Å². The standard InChI is InChI=1S/C17H14BrNO3S/c1-10-2-7-16(22-17(19)23)13(8-10)15(21)9-14(20)11-3-5-12(18)6-4-11/h2-9,20H,1H3,(H2,19,23). The number of ether oxygens (including phenoxy) is 1. The Hall–Kier alpha value is -2.18. The highest BCUT2D eigenvalue weighted by Gasteiger charge is 2.13. The van der Waals surface area contributed by atoms with Gasteiger partial charge < -0.3 is 15.6 Å². The molecule has 23 heavy (non-hydrogen) atoms. The van der Waals surface area contributed by atoms with Crippen molar-refractivity contribution in [1.82, 2.24) is 0 Å². The molecule has 0 spiro atoms. The average Bonchev–Trinajstić information content (AvgIpc) is 2.49. The maximum Gasteiger partial charge on any atom is 0.259 e. The second-order valence-electron chi connectivity index (χ2n) is 4.82. The lowest BCUT2D eigenvalue weighted by Crippen LogP contribution is -2.17. The zero-order valence-electron chi connectivity index (χ0n) is 12.2. The molecule has 0 bridgehead atoms. The number of aliphatic hydroxyl groups excluding tert-OH is 1. The van der Waals surface area contributed by atoms with Crippen molar-refractivity contribution in [1.29, 1.82) is 0 Å². The predicted octanol–water partition coefficient (Wildman–Crippen LogP) is 4.16. The molecule has 0 atom stereocenters. The molecule has 0 unspecified atom stereocenters. The lowest BCUT2D eigenvalue weighted by Gasteiger charge is -2.09. The molecule has 0 saturated heterocycles. The fourth-order valence-corrected chi connectivity index (χ4v) is 2.29. The summed E-state index contributed by atoms with van der Waals surface area (Å²) in [7, 11) is 0. The maximum atomic E-state index is 12.4. The fourth-order valence-electron chi connectivity index (χ4n) is 1.94. The molecule has 3 N–H and O–H groups in total. The molecule has 0 aromatic heterocycles. The number of benzene rings is 2. The lowest BCUT2D eigenvalue weighted by atomic mass is 10.0. The highest BCUT2D eigenvalue weighted by Crippen LogP contribution is 2.23. The Morgan fingerprint density at radius 2 is 1.91 bits per heavy atom.